The normalized spacial score (nSPS) is 13.9. The van der Waals surface area contributed by atoms with Crippen molar-refractivity contribution in [3.63, 3.8) is 0 Å². The number of aryl methyl sites for hydroxylation is 2. The highest BCUT2D eigenvalue weighted by atomic mass is 16.1. The molecule has 0 saturated carbocycles. The smallest absolute Gasteiger partial charge is 0.220 e. The Morgan fingerprint density at radius 2 is 2.19 bits per heavy atom. The molecule has 0 spiro atoms. The lowest BCUT2D eigenvalue weighted by molar-refractivity contribution is -0.121. The Kier molecular flexibility index (Phi) is 4.33. The molecule has 0 unspecified atom stereocenters. The SMILES string of the molecule is O=C(CCc1n[nH]c2c1CCCC2)NCCc1cnc[nH]1. The molecule has 0 fully saturated rings. The molecule has 0 atom stereocenters. The van der Waals surface area contributed by atoms with Crippen molar-refractivity contribution in [3.05, 3.63) is 35.2 Å². The molecule has 1 aliphatic rings. The van der Waals surface area contributed by atoms with Gasteiger partial charge >= 0.3 is 0 Å². The Morgan fingerprint density at radius 3 is 3.05 bits per heavy atom. The number of aromatic amines is 2. The van der Waals surface area contributed by atoms with Gasteiger partial charge in [-0.25, -0.2) is 4.98 Å². The van der Waals surface area contributed by atoms with Gasteiger partial charge in [0, 0.05) is 43.4 Å². The van der Waals surface area contributed by atoms with Gasteiger partial charge in [0.1, 0.15) is 0 Å². The molecule has 0 aromatic carbocycles. The Bertz CT molecular complexity index is 587. The highest BCUT2D eigenvalue weighted by molar-refractivity contribution is 5.76. The molecule has 6 nitrogen and oxygen atoms in total. The van der Waals surface area contributed by atoms with Crippen molar-refractivity contribution in [1.82, 2.24) is 25.5 Å². The number of rotatable bonds is 6. The molecule has 3 rings (SSSR count). The number of carbonyl (C=O) groups excluding carboxylic acids is 1. The topological polar surface area (TPSA) is 86.5 Å². The summed E-state index contributed by atoms with van der Waals surface area (Å²) in [5.41, 5.74) is 4.74. The third kappa shape index (κ3) is 3.51. The molecule has 2 heterocycles. The largest absolute Gasteiger partial charge is 0.356 e. The van der Waals surface area contributed by atoms with Crippen molar-refractivity contribution < 1.29 is 4.79 Å². The van der Waals surface area contributed by atoms with Crippen molar-refractivity contribution >= 4 is 5.91 Å². The minimum Gasteiger partial charge on any atom is -0.356 e. The molecule has 0 bridgehead atoms. The Labute approximate surface area is 123 Å². The number of nitrogens with one attached hydrogen (secondary N) is 3. The Hall–Kier alpha value is -2.11. The number of carbonyl (C=O) groups is 1. The van der Waals surface area contributed by atoms with Crippen LogP contribution in [0.25, 0.3) is 0 Å². The number of H-pyrrole nitrogens is 2. The van der Waals surface area contributed by atoms with E-state index in [1.54, 1.807) is 12.5 Å². The zero-order chi connectivity index (χ0) is 14.5. The predicted molar refractivity (Wildman–Crippen MR) is 78.9 cm³/mol. The van der Waals surface area contributed by atoms with Crippen LogP contribution in [0.2, 0.25) is 0 Å². The summed E-state index contributed by atoms with van der Waals surface area (Å²) in [4.78, 5) is 18.8. The van der Waals surface area contributed by atoms with Gasteiger partial charge in [-0.3, -0.25) is 9.89 Å². The van der Waals surface area contributed by atoms with Crippen LogP contribution in [0.3, 0.4) is 0 Å². The molecule has 0 aliphatic heterocycles. The minimum absolute atomic E-state index is 0.0853. The fourth-order valence-corrected chi connectivity index (χ4v) is 2.83. The van der Waals surface area contributed by atoms with Gasteiger partial charge in [-0.2, -0.15) is 5.10 Å². The molecule has 1 amide bonds. The van der Waals surface area contributed by atoms with E-state index in [0.717, 1.165) is 37.1 Å². The van der Waals surface area contributed by atoms with Gasteiger partial charge in [-0.1, -0.05) is 0 Å². The van der Waals surface area contributed by atoms with Crippen molar-refractivity contribution in [2.45, 2.75) is 44.9 Å². The van der Waals surface area contributed by atoms with Crippen LogP contribution in [0, 0.1) is 0 Å². The van der Waals surface area contributed by atoms with Crippen LogP contribution in [0.1, 0.15) is 41.9 Å². The van der Waals surface area contributed by atoms with E-state index in [1.165, 1.54) is 24.1 Å². The van der Waals surface area contributed by atoms with E-state index in [4.69, 9.17) is 0 Å². The van der Waals surface area contributed by atoms with Crippen LogP contribution < -0.4 is 5.32 Å². The Morgan fingerprint density at radius 1 is 1.29 bits per heavy atom. The first-order chi connectivity index (χ1) is 10.3. The number of nitrogens with zero attached hydrogens (tertiary/aromatic N) is 2. The standard InChI is InChI=1S/C15H21N5O/c21-15(17-8-7-11-9-16-10-18-11)6-5-14-12-3-1-2-4-13(12)19-20-14/h9-10H,1-8H2,(H,16,18)(H,17,21)(H,19,20). The summed E-state index contributed by atoms with van der Waals surface area (Å²) in [5, 5.41) is 10.4. The second kappa shape index (κ2) is 6.56. The van der Waals surface area contributed by atoms with Crippen LogP contribution >= 0.6 is 0 Å². The van der Waals surface area contributed by atoms with Gasteiger partial charge in [-0.15, -0.1) is 0 Å². The van der Waals surface area contributed by atoms with Crippen LogP contribution in [0.15, 0.2) is 12.5 Å². The predicted octanol–water partition coefficient (Wildman–Crippen LogP) is 1.30. The molecule has 1 aliphatic carbocycles. The highest BCUT2D eigenvalue weighted by Crippen LogP contribution is 2.22. The summed E-state index contributed by atoms with van der Waals surface area (Å²) in [6, 6.07) is 0. The van der Waals surface area contributed by atoms with Crippen LogP contribution in [-0.2, 0) is 30.5 Å². The molecule has 2 aromatic rings. The lowest BCUT2D eigenvalue weighted by atomic mass is 9.94. The quantitative estimate of drug-likeness (QED) is 0.748. The van der Waals surface area contributed by atoms with Crippen molar-refractivity contribution in [2.75, 3.05) is 6.54 Å². The average molecular weight is 287 g/mol. The van der Waals surface area contributed by atoms with Gasteiger partial charge < -0.3 is 10.3 Å². The number of aromatic nitrogens is 4. The molecular weight excluding hydrogens is 266 g/mol. The summed E-state index contributed by atoms with van der Waals surface area (Å²) in [6.45, 7) is 0.639. The van der Waals surface area contributed by atoms with Crippen molar-refractivity contribution in [2.24, 2.45) is 0 Å². The molecular formula is C15H21N5O. The van der Waals surface area contributed by atoms with Gasteiger partial charge in [0.2, 0.25) is 5.91 Å². The molecule has 0 radical (unpaired) electrons. The van der Waals surface area contributed by atoms with E-state index >= 15 is 0 Å². The lowest BCUT2D eigenvalue weighted by Crippen LogP contribution is -2.26. The summed E-state index contributed by atoms with van der Waals surface area (Å²) in [7, 11) is 0. The van der Waals surface area contributed by atoms with Gasteiger partial charge in [0.05, 0.1) is 12.0 Å². The van der Waals surface area contributed by atoms with Crippen LogP contribution in [0.5, 0.6) is 0 Å². The van der Waals surface area contributed by atoms with E-state index < -0.39 is 0 Å². The molecule has 2 aromatic heterocycles. The van der Waals surface area contributed by atoms with E-state index in [-0.39, 0.29) is 5.91 Å². The van der Waals surface area contributed by atoms with E-state index in [2.05, 4.69) is 25.5 Å². The number of amides is 1. The summed E-state index contributed by atoms with van der Waals surface area (Å²) in [6.07, 6.45) is 10.1. The monoisotopic (exact) mass is 287 g/mol. The van der Waals surface area contributed by atoms with Crippen LogP contribution in [-0.4, -0.2) is 32.6 Å². The van der Waals surface area contributed by atoms with Gasteiger partial charge in [0.15, 0.2) is 0 Å². The van der Waals surface area contributed by atoms with Crippen LogP contribution in [0.4, 0.5) is 0 Å². The molecule has 112 valence electrons. The molecule has 0 saturated heterocycles. The minimum atomic E-state index is 0.0853. The molecule has 21 heavy (non-hydrogen) atoms. The second-order valence-electron chi connectivity index (χ2n) is 5.51. The van der Waals surface area contributed by atoms with Gasteiger partial charge in [-0.05, 0) is 31.2 Å². The van der Waals surface area contributed by atoms with E-state index in [1.807, 2.05) is 0 Å². The summed E-state index contributed by atoms with van der Waals surface area (Å²) >= 11 is 0. The first kappa shape index (κ1) is 13.9. The highest BCUT2D eigenvalue weighted by Gasteiger charge is 2.17. The fourth-order valence-electron chi connectivity index (χ4n) is 2.83. The number of hydrogen-bond donors (Lipinski definition) is 3. The number of hydrogen-bond acceptors (Lipinski definition) is 3. The lowest BCUT2D eigenvalue weighted by Gasteiger charge is -2.11. The third-order valence-corrected chi connectivity index (χ3v) is 4.00. The molecule has 3 N–H and O–H groups in total. The fraction of sp³-hybridized carbons (Fsp3) is 0.533. The maximum absolute atomic E-state index is 11.9. The maximum atomic E-state index is 11.9. The summed E-state index contributed by atoms with van der Waals surface area (Å²) in [5.74, 6) is 0.0853. The van der Waals surface area contributed by atoms with E-state index in [9.17, 15) is 4.79 Å². The number of fused-ring (bicyclic) bond motifs is 1. The first-order valence-electron chi connectivity index (χ1n) is 7.62. The van der Waals surface area contributed by atoms with Gasteiger partial charge in [0.25, 0.3) is 0 Å². The first-order valence-corrected chi connectivity index (χ1v) is 7.62. The molecule has 6 heteroatoms. The zero-order valence-corrected chi connectivity index (χ0v) is 12.1. The Balaban J connectivity index is 1.42. The summed E-state index contributed by atoms with van der Waals surface area (Å²) < 4.78 is 0. The van der Waals surface area contributed by atoms with Crippen molar-refractivity contribution in [1.29, 1.82) is 0 Å². The van der Waals surface area contributed by atoms with Crippen molar-refractivity contribution in [3.8, 4) is 0 Å². The second-order valence-corrected chi connectivity index (χ2v) is 5.51. The zero-order valence-electron chi connectivity index (χ0n) is 12.1. The van der Waals surface area contributed by atoms with E-state index in [0.29, 0.717) is 13.0 Å². The average Bonchev–Trinajstić information content (AvgIpc) is 3.14. The third-order valence-electron chi connectivity index (χ3n) is 4.00. The maximum Gasteiger partial charge on any atom is 0.220 e. The number of imidazole rings is 1.